The van der Waals surface area contributed by atoms with Gasteiger partial charge in [0.05, 0.1) is 38.0 Å². The van der Waals surface area contributed by atoms with Crippen molar-refractivity contribution in [1.29, 1.82) is 0 Å². The fourth-order valence-corrected chi connectivity index (χ4v) is 8.11. The highest BCUT2D eigenvalue weighted by atomic mass is 35.5. The van der Waals surface area contributed by atoms with E-state index < -0.39 is 0 Å². The molecule has 4 saturated heterocycles. The summed E-state index contributed by atoms with van der Waals surface area (Å²) in [5.74, 6) is 6.66. The van der Waals surface area contributed by atoms with E-state index in [1.165, 1.54) is 0 Å². The fourth-order valence-electron chi connectivity index (χ4n) is 7.97. The SMILES string of the molecule is CC1CN(Cc2ncccn2)CC1c1nn2c(C3CCOC3)ncc2c(=O)[nH]1.CC1CNCC1c1nn2c(C3CCOC3)ncc2c(=O)[nH]1.ClCc1ncccn1. The van der Waals surface area contributed by atoms with Crippen LogP contribution in [0.15, 0.2) is 58.9 Å². The summed E-state index contributed by atoms with van der Waals surface area (Å²) >= 11 is 5.40. The van der Waals surface area contributed by atoms with Gasteiger partial charge in [-0.25, -0.2) is 38.9 Å². The first-order valence-electron chi connectivity index (χ1n) is 19.5. The Bertz CT molecular complexity index is 2360. The summed E-state index contributed by atoms with van der Waals surface area (Å²) in [6.07, 6.45) is 11.9. The monoisotopic (exact) mass is 798 g/mol. The molecule has 0 radical (unpaired) electrons. The van der Waals surface area contributed by atoms with E-state index in [4.69, 9.17) is 26.2 Å². The summed E-state index contributed by atoms with van der Waals surface area (Å²) in [5, 5.41) is 12.8. The Morgan fingerprint density at radius 2 is 1.25 bits per heavy atom. The number of likely N-dealkylation sites (tertiary alicyclic amines) is 1. The molecule has 57 heavy (non-hydrogen) atoms. The topological polar surface area (TPSA) is 211 Å². The molecule has 300 valence electrons. The van der Waals surface area contributed by atoms with Gasteiger partial charge in [-0.3, -0.25) is 14.5 Å². The van der Waals surface area contributed by atoms with E-state index in [1.807, 2.05) is 6.07 Å². The van der Waals surface area contributed by atoms with Gasteiger partial charge in [-0.15, -0.1) is 11.6 Å². The summed E-state index contributed by atoms with van der Waals surface area (Å²) in [6.45, 7) is 11.4. The molecule has 10 heterocycles. The van der Waals surface area contributed by atoms with Crippen molar-refractivity contribution in [3.63, 3.8) is 0 Å². The molecule has 0 aromatic carbocycles. The highest BCUT2D eigenvalue weighted by molar-refractivity contribution is 6.16. The number of nitrogens with one attached hydrogen (secondary N) is 3. The lowest BCUT2D eigenvalue weighted by atomic mass is 9.97. The Hall–Kier alpha value is -5.01. The van der Waals surface area contributed by atoms with E-state index in [-0.39, 0.29) is 34.8 Å². The number of hydrogen-bond acceptors (Lipinski definition) is 14. The van der Waals surface area contributed by atoms with Gasteiger partial charge < -0.3 is 24.8 Å². The van der Waals surface area contributed by atoms with E-state index in [0.717, 1.165) is 81.4 Å². The minimum Gasteiger partial charge on any atom is -0.381 e. The molecule has 19 heteroatoms. The number of nitrogens with zero attached hydrogens (tertiary/aromatic N) is 11. The van der Waals surface area contributed by atoms with Crippen molar-refractivity contribution >= 4 is 22.6 Å². The second-order valence-electron chi connectivity index (χ2n) is 15.1. The Kier molecular flexibility index (Phi) is 12.0. The molecule has 6 unspecified atom stereocenters. The molecule has 6 aromatic rings. The maximum absolute atomic E-state index is 12.6. The molecular formula is C38H47ClN14O4. The van der Waals surface area contributed by atoms with Crippen LogP contribution in [0, 0.1) is 11.8 Å². The first kappa shape index (κ1) is 38.8. The van der Waals surface area contributed by atoms with Gasteiger partial charge >= 0.3 is 0 Å². The lowest BCUT2D eigenvalue weighted by Crippen LogP contribution is -2.24. The molecule has 0 spiro atoms. The maximum Gasteiger partial charge on any atom is 0.276 e. The van der Waals surface area contributed by atoms with Crippen LogP contribution in [-0.2, 0) is 21.9 Å². The van der Waals surface area contributed by atoms with Gasteiger partial charge in [0, 0.05) is 81.3 Å². The summed E-state index contributed by atoms with van der Waals surface area (Å²) in [6, 6.07) is 3.58. The molecule has 3 N–H and O–H groups in total. The molecule has 18 nitrogen and oxygen atoms in total. The van der Waals surface area contributed by atoms with E-state index >= 15 is 0 Å². The lowest BCUT2D eigenvalue weighted by Gasteiger charge is -2.15. The van der Waals surface area contributed by atoms with Crippen LogP contribution in [0.4, 0.5) is 0 Å². The highest BCUT2D eigenvalue weighted by Gasteiger charge is 2.34. The number of ether oxygens (including phenoxy) is 2. The van der Waals surface area contributed by atoms with E-state index in [0.29, 0.717) is 54.3 Å². The minimum absolute atomic E-state index is 0.114. The minimum atomic E-state index is -0.139. The van der Waals surface area contributed by atoms with E-state index in [2.05, 4.69) is 69.0 Å². The van der Waals surface area contributed by atoms with Crippen molar-refractivity contribution < 1.29 is 9.47 Å². The van der Waals surface area contributed by atoms with Gasteiger partial charge in [0.1, 0.15) is 34.9 Å². The van der Waals surface area contributed by atoms with Gasteiger partial charge in [0.25, 0.3) is 11.1 Å². The number of aromatic amines is 2. The third-order valence-electron chi connectivity index (χ3n) is 11.1. The van der Waals surface area contributed by atoms with Crippen molar-refractivity contribution in [2.45, 2.75) is 62.8 Å². The van der Waals surface area contributed by atoms with Crippen molar-refractivity contribution in [2.24, 2.45) is 11.8 Å². The molecule has 4 aliphatic heterocycles. The van der Waals surface area contributed by atoms with Crippen molar-refractivity contribution in [3.05, 3.63) is 105 Å². The van der Waals surface area contributed by atoms with Crippen LogP contribution in [0.1, 0.15) is 85.3 Å². The number of H-pyrrole nitrogens is 2. The molecule has 0 bridgehead atoms. The second kappa shape index (κ2) is 17.6. The van der Waals surface area contributed by atoms with Crippen LogP contribution in [-0.4, -0.2) is 117 Å². The molecule has 0 saturated carbocycles. The number of halogens is 1. The predicted molar refractivity (Wildman–Crippen MR) is 209 cm³/mol. The third kappa shape index (κ3) is 8.64. The van der Waals surface area contributed by atoms with Crippen molar-refractivity contribution in [2.75, 3.05) is 52.6 Å². The molecule has 4 aliphatic rings. The average Bonchev–Trinajstić information content (AvgIpc) is 4.08. The third-order valence-corrected chi connectivity index (χ3v) is 11.4. The maximum atomic E-state index is 12.6. The fraction of sp³-hybridized carbons (Fsp3) is 0.526. The second-order valence-corrected chi connectivity index (χ2v) is 15.4. The Balaban J connectivity index is 0.000000137. The van der Waals surface area contributed by atoms with Crippen LogP contribution in [0.2, 0.25) is 0 Å². The van der Waals surface area contributed by atoms with Gasteiger partial charge in [-0.1, -0.05) is 13.8 Å². The van der Waals surface area contributed by atoms with Crippen LogP contribution < -0.4 is 16.4 Å². The number of aromatic nitrogens is 12. The molecule has 6 aromatic heterocycles. The summed E-state index contributed by atoms with van der Waals surface area (Å²) < 4.78 is 14.4. The zero-order valence-electron chi connectivity index (χ0n) is 32.0. The molecule has 4 fully saturated rings. The number of hydrogen-bond donors (Lipinski definition) is 3. The van der Waals surface area contributed by atoms with Gasteiger partial charge in [-0.2, -0.15) is 10.2 Å². The molecule has 0 aliphatic carbocycles. The molecular weight excluding hydrogens is 752 g/mol. The molecule has 10 rings (SSSR count). The van der Waals surface area contributed by atoms with Crippen LogP contribution in [0.25, 0.3) is 11.0 Å². The first-order valence-corrected chi connectivity index (χ1v) is 20.0. The smallest absolute Gasteiger partial charge is 0.276 e. The van der Waals surface area contributed by atoms with E-state index in [1.54, 1.807) is 52.3 Å². The number of alkyl halides is 1. The molecule has 0 amide bonds. The zero-order chi connectivity index (χ0) is 39.3. The number of rotatable bonds is 7. The summed E-state index contributed by atoms with van der Waals surface area (Å²) in [7, 11) is 0. The van der Waals surface area contributed by atoms with Gasteiger partial charge in [0.15, 0.2) is 11.0 Å². The number of imidazole rings is 2. The summed E-state index contributed by atoms with van der Waals surface area (Å²) in [5.41, 5.74) is 0.751. The van der Waals surface area contributed by atoms with Crippen molar-refractivity contribution in [3.8, 4) is 0 Å². The van der Waals surface area contributed by atoms with Crippen LogP contribution >= 0.6 is 11.6 Å². The largest absolute Gasteiger partial charge is 0.381 e. The lowest BCUT2D eigenvalue weighted by molar-refractivity contribution is 0.193. The average molecular weight is 799 g/mol. The van der Waals surface area contributed by atoms with E-state index in [9.17, 15) is 9.59 Å². The Morgan fingerprint density at radius 1 is 0.702 bits per heavy atom. The van der Waals surface area contributed by atoms with Gasteiger partial charge in [0.2, 0.25) is 0 Å². The molecule has 6 atom stereocenters. The highest BCUT2D eigenvalue weighted by Crippen LogP contribution is 2.31. The predicted octanol–water partition coefficient (Wildman–Crippen LogP) is 2.41. The normalized spacial score (nSPS) is 24.8. The van der Waals surface area contributed by atoms with Crippen LogP contribution in [0.3, 0.4) is 0 Å². The number of fused-ring (bicyclic) bond motifs is 2. The van der Waals surface area contributed by atoms with Gasteiger partial charge in [-0.05, 0) is 43.4 Å². The Labute approximate surface area is 332 Å². The quantitative estimate of drug-likeness (QED) is 0.198. The Morgan fingerprint density at radius 3 is 1.72 bits per heavy atom. The first-order chi connectivity index (χ1) is 27.9. The standard InChI is InChI=1S/C19H23N7O2.C14H19N5O2.C5H5ClN2/c1-12-8-25(10-16-20-4-2-5-21-16)9-14(12)17-23-19(27)15-7-22-18(26(15)24-17)13-3-6-28-11-13;1-8-4-15-5-10(8)12-17-14(20)11-6-16-13(19(11)18-12)9-2-3-21-7-9;6-4-5-7-2-1-3-8-5/h2,4-5,7,12-14H,3,6,8-11H2,1H3,(H,23,24,27);6,8-10,15H,2-5,7H2,1H3,(H,17,18,20);1-3H,4H2. The van der Waals surface area contributed by atoms with Crippen LogP contribution in [0.5, 0.6) is 0 Å². The van der Waals surface area contributed by atoms with Crippen molar-refractivity contribution in [1.82, 2.24) is 69.3 Å². The summed E-state index contributed by atoms with van der Waals surface area (Å²) in [4.78, 5) is 58.4. The zero-order valence-corrected chi connectivity index (χ0v) is 32.8.